The van der Waals surface area contributed by atoms with Crippen LogP contribution in [0.15, 0.2) is 46.9 Å². The van der Waals surface area contributed by atoms with Gasteiger partial charge in [-0.2, -0.15) is 0 Å². The molecule has 1 heterocycles. The van der Waals surface area contributed by atoms with Crippen LogP contribution in [0.25, 0.3) is 10.1 Å². The molecule has 1 unspecified atom stereocenters. The highest BCUT2D eigenvalue weighted by Gasteiger charge is 2.15. The van der Waals surface area contributed by atoms with Crippen LogP contribution in [0, 0.1) is 6.92 Å². The Bertz CT molecular complexity index is 797. The van der Waals surface area contributed by atoms with Gasteiger partial charge in [0.1, 0.15) is 0 Å². The summed E-state index contributed by atoms with van der Waals surface area (Å²) in [6, 6.07) is 14.7. The first-order valence-corrected chi connectivity index (χ1v) is 8.75. The Balaban J connectivity index is 1.95. The summed E-state index contributed by atoms with van der Waals surface area (Å²) < 4.78 is 2.25. The van der Waals surface area contributed by atoms with Crippen LogP contribution in [0.5, 0.6) is 0 Å². The lowest BCUT2D eigenvalue weighted by Gasteiger charge is -2.16. The van der Waals surface area contributed by atoms with Crippen molar-refractivity contribution in [1.82, 2.24) is 0 Å². The van der Waals surface area contributed by atoms with Gasteiger partial charge in [-0.25, -0.2) is 0 Å². The van der Waals surface area contributed by atoms with E-state index in [1.807, 2.05) is 29.5 Å². The van der Waals surface area contributed by atoms with E-state index in [9.17, 15) is 0 Å². The molecule has 4 heteroatoms. The van der Waals surface area contributed by atoms with Gasteiger partial charge in [0.15, 0.2) is 0 Å². The summed E-state index contributed by atoms with van der Waals surface area (Å²) >= 11 is 11.5. The monoisotopic (exact) mass is 379 g/mol. The molecule has 3 aromatic rings. The quantitative estimate of drug-likeness (QED) is 0.527. The number of halogens is 2. The predicted molar refractivity (Wildman–Crippen MR) is 97.8 cm³/mol. The van der Waals surface area contributed by atoms with E-state index in [-0.39, 0.29) is 6.04 Å². The zero-order valence-corrected chi connectivity index (χ0v) is 14.9. The highest BCUT2D eigenvalue weighted by atomic mass is 79.9. The summed E-state index contributed by atoms with van der Waals surface area (Å²) in [7, 11) is 0. The Morgan fingerprint density at radius 1 is 1.14 bits per heavy atom. The molecule has 0 aliphatic carbocycles. The highest BCUT2D eigenvalue weighted by molar-refractivity contribution is 9.10. The van der Waals surface area contributed by atoms with E-state index in [0.29, 0.717) is 0 Å². The summed E-state index contributed by atoms with van der Waals surface area (Å²) in [5.74, 6) is 0. The van der Waals surface area contributed by atoms with Crippen molar-refractivity contribution in [1.29, 1.82) is 0 Å². The van der Waals surface area contributed by atoms with Crippen LogP contribution in [0.1, 0.15) is 23.4 Å². The second-order valence-corrected chi connectivity index (χ2v) is 7.34. The van der Waals surface area contributed by atoms with Gasteiger partial charge in [0, 0.05) is 9.58 Å². The fourth-order valence-electron chi connectivity index (χ4n) is 2.52. The average Bonchev–Trinajstić information content (AvgIpc) is 2.82. The third kappa shape index (κ3) is 2.83. The van der Waals surface area contributed by atoms with Crippen LogP contribution >= 0.6 is 38.9 Å². The number of aryl methyl sites for hydroxylation is 1. The minimum absolute atomic E-state index is 0.233. The molecule has 0 saturated carbocycles. The molecule has 0 aliphatic heterocycles. The van der Waals surface area contributed by atoms with E-state index in [0.717, 1.165) is 15.2 Å². The number of rotatable bonds is 3. The van der Waals surface area contributed by atoms with Crippen molar-refractivity contribution in [2.24, 2.45) is 0 Å². The third-order valence-electron chi connectivity index (χ3n) is 3.60. The van der Waals surface area contributed by atoms with Gasteiger partial charge in [-0.15, -0.1) is 11.3 Å². The summed E-state index contributed by atoms with van der Waals surface area (Å²) in [6.45, 7) is 4.38. The Kier molecular flexibility index (Phi) is 4.25. The van der Waals surface area contributed by atoms with Crippen LogP contribution < -0.4 is 5.32 Å². The lowest BCUT2D eigenvalue weighted by atomic mass is 10.1. The van der Waals surface area contributed by atoms with Crippen LogP contribution in [-0.4, -0.2) is 0 Å². The number of hydrogen-bond donors (Lipinski definition) is 1. The molecule has 1 nitrogen and oxygen atoms in total. The van der Waals surface area contributed by atoms with E-state index in [4.69, 9.17) is 11.6 Å². The number of anilines is 1. The van der Waals surface area contributed by atoms with Crippen LogP contribution in [0.2, 0.25) is 5.02 Å². The number of nitrogens with one attached hydrogen (secondary N) is 1. The first-order chi connectivity index (χ1) is 10.1. The van der Waals surface area contributed by atoms with Crippen LogP contribution in [0.3, 0.4) is 0 Å². The largest absolute Gasteiger partial charge is 0.377 e. The molecule has 108 valence electrons. The molecule has 0 amide bonds. The Morgan fingerprint density at radius 2 is 1.90 bits per heavy atom. The van der Waals surface area contributed by atoms with Crippen molar-refractivity contribution in [3.05, 3.63) is 62.4 Å². The molecule has 3 rings (SSSR count). The zero-order chi connectivity index (χ0) is 15.0. The molecule has 0 bridgehead atoms. The molecule has 2 aromatic carbocycles. The summed E-state index contributed by atoms with van der Waals surface area (Å²) in [6.07, 6.45) is 0. The topological polar surface area (TPSA) is 12.0 Å². The molecule has 0 saturated heterocycles. The van der Waals surface area contributed by atoms with Gasteiger partial charge in [0.25, 0.3) is 0 Å². The first kappa shape index (κ1) is 14.9. The van der Waals surface area contributed by atoms with Gasteiger partial charge in [-0.3, -0.25) is 0 Å². The Morgan fingerprint density at radius 3 is 2.67 bits per heavy atom. The second kappa shape index (κ2) is 5.99. The van der Waals surface area contributed by atoms with E-state index < -0.39 is 0 Å². The van der Waals surface area contributed by atoms with Crippen molar-refractivity contribution in [2.45, 2.75) is 19.9 Å². The number of hydrogen-bond acceptors (Lipinski definition) is 2. The zero-order valence-electron chi connectivity index (χ0n) is 11.8. The van der Waals surface area contributed by atoms with Gasteiger partial charge in [0.05, 0.1) is 21.2 Å². The normalized spacial score (nSPS) is 12.6. The summed E-state index contributed by atoms with van der Waals surface area (Å²) in [5, 5.41) is 5.61. The summed E-state index contributed by atoms with van der Waals surface area (Å²) in [4.78, 5) is 1.36. The second-order valence-electron chi connectivity index (χ2n) is 5.05. The van der Waals surface area contributed by atoms with Crippen molar-refractivity contribution in [3.8, 4) is 0 Å². The molecule has 0 fully saturated rings. The Hall–Kier alpha value is -1.03. The molecular weight excluding hydrogens is 366 g/mol. The van der Waals surface area contributed by atoms with Crippen LogP contribution in [0.4, 0.5) is 5.69 Å². The maximum atomic E-state index is 6.15. The third-order valence-corrected chi connectivity index (χ3v) is 6.45. The molecule has 1 N–H and O–H groups in total. The number of fused-ring (bicyclic) bond motifs is 1. The predicted octanol–water partition coefficient (Wildman–Crippen LogP) is 6.80. The minimum Gasteiger partial charge on any atom is -0.377 e. The van der Waals surface area contributed by atoms with Crippen molar-refractivity contribution in [3.63, 3.8) is 0 Å². The van der Waals surface area contributed by atoms with E-state index >= 15 is 0 Å². The maximum absolute atomic E-state index is 6.15. The number of benzene rings is 2. The smallest absolute Gasteiger partial charge is 0.0593 e. The molecule has 21 heavy (non-hydrogen) atoms. The van der Waals surface area contributed by atoms with E-state index in [2.05, 4.69) is 59.4 Å². The molecule has 1 atom stereocenters. The highest BCUT2D eigenvalue weighted by Crippen LogP contribution is 2.38. The fraction of sp³-hybridized carbons (Fsp3) is 0.176. The van der Waals surface area contributed by atoms with Crippen molar-refractivity contribution in [2.75, 3.05) is 5.32 Å². The van der Waals surface area contributed by atoms with Gasteiger partial charge in [0.2, 0.25) is 0 Å². The molecule has 0 spiro atoms. The van der Waals surface area contributed by atoms with Gasteiger partial charge in [-0.05, 0) is 58.9 Å². The standard InChI is InChI=1S/C17H15BrClNS/c1-10-12-6-3-4-9-15(12)21-17(10)11(2)20-14-8-5-7-13(19)16(14)18/h3-9,11,20H,1-2H3. The Labute approximate surface area is 142 Å². The number of thiophene rings is 1. The van der Waals surface area contributed by atoms with Crippen molar-refractivity contribution >= 4 is 54.6 Å². The lowest BCUT2D eigenvalue weighted by Crippen LogP contribution is -2.06. The maximum Gasteiger partial charge on any atom is 0.0593 e. The average molecular weight is 381 g/mol. The molecule has 1 aromatic heterocycles. The summed E-state index contributed by atoms with van der Waals surface area (Å²) in [5.41, 5.74) is 2.38. The SMILES string of the molecule is Cc1c(C(C)Nc2cccc(Cl)c2Br)sc2ccccc12. The molecule has 0 aliphatic rings. The molecule has 0 radical (unpaired) electrons. The van der Waals surface area contributed by atoms with Crippen LogP contribution in [-0.2, 0) is 0 Å². The van der Waals surface area contributed by atoms with Gasteiger partial charge >= 0.3 is 0 Å². The molecular formula is C17H15BrClNS. The minimum atomic E-state index is 0.233. The van der Waals surface area contributed by atoms with Crippen molar-refractivity contribution < 1.29 is 0 Å². The lowest BCUT2D eigenvalue weighted by molar-refractivity contribution is 0.899. The van der Waals surface area contributed by atoms with Gasteiger partial charge < -0.3 is 5.32 Å². The first-order valence-electron chi connectivity index (χ1n) is 6.76. The van der Waals surface area contributed by atoms with Gasteiger partial charge in [-0.1, -0.05) is 35.9 Å². The van der Waals surface area contributed by atoms with E-state index in [1.165, 1.54) is 20.5 Å². The fourth-order valence-corrected chi connectivity index (χ4v) is 4.29. The van der Waals surface area contributed by atoms with E-state index in [1.54, 1.807) is 0 Å².